The van der Waals surface area contributed by atoms with Gasteiger partial charge in [-0.2, -0.15) is 0 Å². The van der Waals surface area contributed by atoms with Gasteiger partial charge >= 0.3 is 0 Å². The minimum atomic E-state index is -0.0861. The Hall–Kier alpha value is -1.77. The molecular weight excluding hydrogens is 372 g/mol. The molecule has 1 N–H and O–H groups in total. The minimum Gasteiger partial charge on any atom is -0.301 e. The molecule has 0 spiro atoms. The van der Waals surface area contributed by atoms with Crippen LogP contribution in [0.25, 0.3) is 11.3 Å². The summed E-state index contributed by atoms with van der Waals surface area (Å²) >= 11 is 4.31. The van der Waals surface area contributed by atoms with Crippen LogP contribution in [-0.4, -0.2) is 26.8 Å². The Morgan fingerprint density at radius 2 is 2.04 bits per heavy atom. The van der Waals surface area contributed by atoms with Gasteiger partial charge in [0.05, 0.1) is 11.4 Å². The monoisotopic (exact) mass is 390 g/mol. The number of nitrogens with zero attached hydrogens (tertiary/aromatic N) is 3. The average molecular weight is 391 g/mol. The fraction of sp³-hybridized carbons (Fsp3) is 0.294. The maximum atomic E-state index is 12.0. The first kappa shape index (κ1) is 18.0. The molecule has 0 bridgehead atoms. The number of aromatic nitrogens is 3. The molecule has 0 saturated heterocycles. The number of carbonyl (C=O) groups excluding carboxylic acids is 1. The van der Waals surface area contributed by atoms with E-state index in [4.69, 9.17) is 0 Å². The smallest absolute Gasteiger partial charge is 0.236 e. The second-order valence-electron chi connectivity index (χ2n) is 5.41. The number of thioether (sulfide) groups is 1. The van der Waals surface area contributed by atoms with Crippen LogP contribution in [0.5, 0.6) is 0 Å². The minimum absolute atomic E-state index is 0.0861. The molecule has 1 amide bonds. The van der Waals surface area contributed by atoms with E-state index in [1.54, 1.807) is 0 Å². The van der Waals surface area contributed by atoms with E-state index in [1.165, 1.54) is 40.0 Å². The summed E-state index contributed by atoms with van der Waals surface area (Å²) in [6.07, 6.45) is 2.23. The van der Waals surface area contributed by atoms with Gasteiger partial charge in [-0.15, -0.1) is 21.5 Å². The van der Waals surface area contributed by atoms with Crippen LogP contribution in [0, 0.1) is 6.92 Å². The number of thiazole rings is 1. The van der Waals surface area contributed by atoms with Crippen molar-refractivity contribution in [1.29, 1.82) is 0 Å². The summed E-state index contributed by atoms with van der Waals surface area (Å²) in [5.74, 6) is 0.215. The lowest BCUT2D eigenvalue weighted by Crippen LogP contribution is -2.13. The number of hydrogen-bond donors (Lipinski definition) is 1. The van der Waals surface area contributed by atoms with Crippen LogP contribution >= 0.6 is 34.4 Å². The Bertz CT molecular complexity index is 842. The van der Waals surface area contributed by atoms with Gasteiger partial charge in [0.2, 0.25) is 5.91 Å². The molecule has 0 unspecified atom stereocenters. The number of hydrogen-bond acceptors (Lipinski definition) is 7. The van der Waals surface area contributed by atoms with Crippen LogP contribution in [0.4, 0.5) is 5.13 Å². The second kappa shape index (κ2) is 8.55. The Morgan fingerprint density at radius 1 is 1.24 bits per heavy atom. The fourth-order valence-corrected chi connectivity index (χ4v) is 4.57. The topological polar surface area (TPSA) is 67.8 Å². The summed E-state index contributed by atoms with van der Waals surface area (Å²) in [4.78, 5) is 16.6. The first-order valence-corrected chi connectivity index (χ1v) is 10.6. The zero-order chi connectivity index (χ0) is 17.6. The van der Waals surface area contributed by atoms with E-state index in [2.05, 4.69) is 51.7 Å². The zero-order valence-electron chi connectivity index (χ0n) is 14.0. The molecule has 2 aromatic heterocycles. The maximum absolute atomic E-state index is 12.0. The highest BCUT2D eigenvalue weighted by molar-refractivity contribution is 8.01. The summed E-state index contributed by atoms with van der Waals surface area (Å²) in [5.41, 5.74) is 3.28. The van der Waals surface area contributed by atoms with Crippen LogP contribution in [0.1, 0.15) is 23.9 Å². The predicted octanol–water partition coefficient (Wildman–Crippen LogP) is 4.65. The van der Waals surface area contributed by atoms with Gasteiger partial charge in [0, 0.05) is 10.9 Å². The van der Waals surface area contributed by atoms with Crippen LogP contribution in [0.15, 0.2) is 34.0 Å². The first-order chi connectivity index (χ1) is 12.1. The molecule has 3 aromatic rings. The molecule has 0 atom stereocenters. The highest BCUT2D eigenvalue weighted by Gasteiger charge is 2.10. The van der Waals surface area contributed by atoms with Gasteiger partial charge in [0.15, 0.2) is 9.47 Å². The van der Waals surface area contributed by atoms with Crippen LogP contribution in [0.3, 0.4) is 0 Å². The Kier molecular flexibility index (Phi) is 6.17. The van der Waals surface area contributed by atoms with Gasteiger partial charge in [0.25, 0.3) is 0 Å². The maximum Gasteiger partial charge on any atom is 0.236 e. The van der Waals surface area contributed by atoms with Gasteiger partial charge < -0.3 is 5.32 Å². The summed E-state index contributed by atoms with van der Waals surface area (Å²) in [7, 11) is 0. The van der Waals surface area contributed by atoms with Gasteiger partial charge in [0.1, 0.15) is 5.01 Å². The molecule has 130 valence electrons. The molecule has 2 heterocycles. The van der Waals surface area contributed by atoms with Crippen molar-refractivity contribution in [2.75, 3.05) is 11.1 Å². The summed E-state index contributed by atoms with van der Waals surface area (Å²) < 4.78 is 0.805. The van der Waals surface area contributed by atoms with E-state index in [1.807, 2.05) is 12.3 Å². The molecule has 3 rings (SSSR count). The van der Waals surface area contributed by atoms with Crippen molar-refractivity contribution in [2.24, 2.45) is 0 Å². The van der Waals surface area contributed by atoms with Crippen molar-refractivity contribution in [1.82, 2.24) is 15.2 Å². The highest BCUT2D eigenvalue weighted by Crippen LogP contribution is 2.26. The van der Waals surface area contributed by atoms with Gasteiger partial charge in [-0.3, -0.25) is 4.79 Å². The third kappa shape index (κ3) is 5.10. The molecule has 0 aliphatic heterocycles. The van der Waals surface area contributed by atoms with E-state index in [0.717, 1.165) is 33.4 Å². The van der Waals surface area contributed by atoms with E-state index in [9.17, 15) is 4.79 Å². The lowest BCUT2D eigenvalue weighted by atomic mass is 10.1. The van der Waals surface area contributed by atoms with Gasteiger partial charge in [-0.05, 0) is 18.9 Å². The molecule has 8 heteroatoms. The molecule has 0 aliphatic carbocycles. The van der Waals surface area contributed by atoms with E-state index < -0.39 is 0 Å². The van der Waals surface area contributed by atoms with Gasteiger partial charge in [-0.25, -0.2) is 4.98 Å². The molecule has 0 fully saturated rings. The molecule has 0 radical (unpaired) electrons. The SMILES string of the molecule is CCCc1ccc(-c2csc(NC(=O)CSc3nnc(C)s3)n2)cc1. The lowest BCUT2D eigenvalue weighted by Gasteiger charge is -2.01. The summed E-state index contributed by atoms with van der Waals surface area (Å²) in [5, 5.41) is 14.3. The molecule has 5 nitrogen and oxygen atoms in total. The fourth-order valence-electron chi connectivity index (χ4n) is 2.21. The normalized spacial score (nSPS) is 10.8. The molecule has 1 aromatic carbocycles. The number of carbonyl (C=O) groups is 1. The van der Waals surface area contributed by atoms with Crippen LogP contribution < -0.4 is 5.32 Å². The molecule has 25 heavy (non-hydrogen) atoms. The van der Waals surface area contributed by atoms with E-state index in [0.29, 0.717) is 10.9 Å². The second-order valence-corrected chi connectivity index (χ2v) is 8.67. The van der Waals surface area contributed by atoms with Crippen molar-refractivity contribution < 1.29 is 4.79 Å². The number of aryl methyl sites for hydroxylation is 2. The number of amides is 1. The average Bonchev–Trinajstić information content (AvgIpc) is 3.23. The number of benzene rings is 1. The predicted molar refractivity (Wildman–Crippen MR) is 106 cm³/mol. The Balaban J connectivity index is 1.56. The van der Waals surface area contributed by atoms with Gasteiger partial charge in [-0.1, -0.05) is 60.7 Å². The number of rotatable bonds is 7. The van der Waals surface area contributed by atoms with Crippen molar-refractivity contribution in [3.63, 3.8) is 0 Å². The molecular formula is C17H18N4OS3. The Labute approximate surface area is 158 Å². The summed E-state index contributed by atoms with van der Waals surface area (Å²) in [6, 6.07) is 8.44. The zero-order valence-corrected chi connectivity index (χ0v) is 16.4. The number of anilines is 1. The third-order valence-corrected chi connectivity index (χ3v) is 6.10. The van der Waals surface area contributed by atoms with E-state index in [-0.39, 0.29) is 5.91 Å². The molecule has 0 aliphatic rings. The van der Waals surface area contributed by atoms with Crippen LogP contribution in [0.2, 0.25) is 0 Å². The Morgan fingerprint density at radius 3 is 2.72 bits per heavy atom. The van der Waals surface area contributed by atoms with E-state index >= 15 is 0 Å². The van der Waals surface area contributed by atoms with Crippen molar-refractivity contribution in [3.8, 4) is 11.3 Å². The largest absolute Gasteiger partial charge is 0.301 e. The van der Waals surface area contributed by atoms with Crippen molar-refractivity contribution in [2.45, 2.75) is 31.0 Å². The van der Waals surface area contributed by atoms with Crippen molar-refractivity contribution in [3.05, 3.63) is 40.2 Å². The van der Waals surface area contributed by atoms with Crippen LogP contribution in [-0.2, 0) is 11.2 Å². The van der Waals surface area contributed by atoms with Crippen molar-refractivity contribution >= 4 is 45.5 Å². The third-order valence-electron chi connectivity index (χ3n) is 3.37. The molecule has 0 saturated carbocycles. The lowest BCUT2D eigenvalue weighted by molar-refractivity contribution is -0.113. The highest BCUT2D eigenvalue weighted by atomic mass is 32.2. The number of nitrogens with one attached hydrogen (secondary N) is 1. The first-order valence-electron chi connectivity index (χ1n) is 7.91. The quantitative estimate of drug-likeness (QED) is 0.595. The standard InChI is InChI=1S/C17H18N4OS3/c1-3-4-12-5-7-13(8-6-12)14-9-23-16(18-14)19-15(22)10-24-17-21-20-11(2)25-17/h5-9H,3-4,10H2,1-2H3,(H,18,19,22). The summed E-state index contributed by atoms with van der Waals surface area (Å²) in [6.45, 7) is 4.07.